The van der Waals surface area contributed by atoms with E-state index in [1.54, 1.807) is 6.20 Å². The van der Waals surface area contributed by atoms with Crippen molar-refractivity contribution < 1.29 is 9.90 Å². The summed E-state index contributed by atoms with van der Waals surface area (Å²) in [5.41, 5.74) is -0.323. The number of carboxylic acid groups (broad SMARTS) is 1. The lowest BCUT2D eigenvalue weighted by atomic mass is 10.1. The van der Waals surface area contributed by atoms with Gasteiger partial charge in [0.25, 0.3) is 5.56 Å². The van der Waals surface area contributed by atoms with E-state index in [0.717, 1.165) is 44.4 Å². The summed E-state index contributed by atoms with van der Waals surface area (Å²) in [6.07, 6.45) is 2.84. The summed E-state index contributed by atoms with van der Waals surface area (Å²) in [7, 11) is 0. The number of aliphatic carboxylic acids is 1. The first-order valence-electron chi connectivity index (χ1n) is 6.73. The first-order valence-corrected chi connectivity index (χ1v) is 7.71. The highest BCUT2D eigenvalue weighted by Crippen LogP contribution is 2.20. The smallest absolute Gasteiger partial charge is 0.313 e. The summed E-state index contributed by atoms with van der Waals surface area (Å²) in [4.78, 5) is 28.3. The number of rotatable bonds is 6. The zero-order valence-electron chi connectivity index (χ0n) is 11.5. The van der Waals surface area contributed by atoms with E-state index in [2.05, 4.69) is 16.8 Å². The predicted octanol–water partition coefficient (Wildman–Crippen LogP) is 0.762. The van der Waals surface area contributed by atoms with Crippen molar-refractivity contribution in [1.29, 1.82) is 0 Å². The van der Waals surface area contributed by atoms with Gasteiger partial charge in [0.1, 0.15) is 0 Å². The first-order chi connectivity index (χ1) is 9.58. The van der Waals surface area contributed by atoms with Crippen molar-refractivity contribution in [3.05, 3.63) is 22.6 Å². The summed E-state index contributed by atoms with van der Waals surface area (Å²) in [5.74, 6) is -0.455. The Kier molecular flexibility index (Phi) is 5.19. The summed E-state index contributed by atoms with van der Waals surface area (Å²) in [6, 6.07) is 1.43. The number of hydrogen-bond donors (Lipinski definition) is 1. The third-order valence-corrected chi connectivity index (χ3v) is 4.42. The highest BCUT2D eigenvalue weighted by molar-refractivity contribution is 7.99. The van der Waals surface area contributed by atoms with Gasteiger partial charge in [-0.3, -0.25) is 9.59 Å². The van der Waals surface area contributed by atoms with Crippen LogP contribution in [0.25, 0.3) is 0 Å². The minimum absolute atomic E-state index is 0.0811. The molecule has 1 aliphatic heterocycles. The summed E-state index contributed by atoms with van der Waals surface area (Å²) < 4.78 is 1.90. The Balaban J connectivity index is 2.06. The first kappa shape index (κ1) is 15.1. The molecule has 0 spiro atoms. The van der Waals surface area contributed by atoms with E-state index in [4.69, 9.17) is 5.11 Å². The second-order valence-electron chi connectivity index (χ2n) is 4.93. The van der Waals surface area contributed by atoms with Crippen molar-refractivity contribution in [2.75, 3.05) is 25.4 Å². The lowest BCUT2D eigenvalue weighted by Crippen LogP contribution is -2.22. The lowest BCUT2D eigenvalue weighted by molar-refractivity contribution is -0.133. The molecule has 110 valence electrons. The van der Waals surface area contributed by atoms with Crippen LogP contribution in [0.15, 0.2) is 22.2 Å². The second kappa shape index (κ2) is 6.90. The molecule has 0 amide bonds. The average molecular weight is 297 g/mol. The topological polar surface area (TPSA) is 75.4 Å². The zero-order valence-corrected chi connectivity index (χ0v) is 12.3. The fourth-order valence-corrected chi connectivity index (χ4v) is 3.13. The van der Waals surface area contributed by atoms with E-state index >= 15 is 0 Å². The highest BCUT2D eigenvalue weighted by Gasteiger charge is 2.22. The van der Waals surface area contributed by atoms with Crippen LogP contribution in [-0.2, 0) is 11.3 Å². The van der Waals surface area contributed by atoms with Crippen molar-refractivity contribution in [2.24, 2.45) is 5.92 Å². The molecule has 1 aliphatic rings. The van der Waals surface area contributed by atoms with Gasteiger partial charge < -0.3 is 14.6 Å². The Hall–Kier alpha value is -1.34. The second-order valence-corrected chi connectivity index (χ2v) is 5.87. The van der Waals surface area contributed by atoms with Crippen LogP contribution in [-0.4, -0.2) is 50.9 Å². The van der Waals surface area contributed by atoms with Crippen LogP contribution in [0.2, 0.25) is 0 Å². The predicted molar refractivity (Wildman–Crippen MR) is 77.1 cm³/mol. The summed E-state index contributed by atoms with van der Waals surface area (Å²) in [6.45, 7) is 6.14. The van der Waals surface area contributed by atoms with Crippen molar-refractivity contribution in [3.63, 3.8) is 0 Å². The monoisotopic (exact) mass is 297 g/mol. The molecule has 1 saturated heterocycles. The van der Waals surface area contributed by atoms with Gasteiger partial charge in [0.05, 0.1) is 5.75 Å². The molecule has 1 unspecified atom stereocenters. The van der Waals surface area contributed by atoms with Crippen LogP contribution in [0, 0.1) is 5.92 Å². The van der Waals surface area contributed by atoms with Gasteiger partial charge in [-0.2, -0.15) is 4.98 Å². The minimum Gasteiger partial charge on any atom is -0.481 e. The Morgan fingerprint density at radius 2 is 2.40 bits per heavy atom. The van der Waals surface area contributed by atoms with Crippen molar-refractivity contribution in [2.45, 2.75) is 25.0 Å². The molecule has 2 rings (SSSR count). The molecular formula is C13H19N3O3S. The molecule has 1 N–H and O–H groups in total. The van der Waals surface area contributed by atoms with Gasteiger partial charge in [-0.05, 0) is 25.4 Å². The quantitative estimate of drug-likeness (QED) is 0.617. The molecule has 20 heavy (non-hydrogen) atoms. The number of aromatic nitrogens is 2. The standard InChI is InChI=1S/C13H19N3O3S/c1-2-15-5-3-10(7-15)8-16-6-4-11(17)14-13(16)20-9-12(18)19/h4,6,10H,2-3,5,7-9H2,1H3,(H,18,19). The number of thioether (sulfide) groups is 1. The molecule has 2 heterocycles. The molecule has 7 heteroatoms. The van der Waals surface area contributed by atoms with Crippen molar-refractivity contribution >= 4 is 17.7 Å². The maximum atomic E-state index is 11.3. The number of nitrogens with zero attached hydrogens (tertiary/aromatic N) is 3. The molecule has 0 bridgehead atoms. The molecule has 1 aromatic heterocycles. The molecular weight excluding hydrogens is 278 g/mol. The number of carbonyl (C=O) groups is 1. The Morgan fingerprint density at radius 1 is 1.60 bits per heavy atom. The van der Waals surface area contributed by atoms with E-state index in [1.165, 1.54) is 6.07 Å². The van der Waals surface area contributed by atoms with E-state index in [0.29, 0.717) is 11.1 Å². The largest absolute Gasteiger partial charge is 0.481 e. The molecule has 1 fully saturated rings. The number of likely N-dealkylation sites (tertiary alicyclic amines) is 1. The van der Waals surface area contributed by atoms with Crippen molar-refractivity contribution in [1.82, 2.24) is 14.5 Å². The van der Waals surface area contributed by atoms with Gasteiger partial charge in [0.2, 0.25) is 0 Å². The molecule has 0 aromatic carbocycles. The third-order valence-electron chi connectivity index (χ3n) is 3.45. The van der Waals surface area contributed by atoms with E-state index in [9.17, 15) is 9.59 Å². The van der Waals surface area contributed by atoms with Crippen LogP contribution in [0.4, 0.5) is 0 Å². The average Bonchev–Trinajstić information content (AvgIpc) is 2.86. The lowest BCUT2D eigenvalue weighted by Gasteiger charge is -2.16. The number of hydrogen-bond acceptors (Lipinski definition) is 5. The van der Waals surface area contributed by atoms with E-state index in [-0.39, 0.29) is 11.3 Å². The summed E-state index contributed by atoms with van der Waals surface area (Å²) >= 11 is 1.10. The van der Waals surface area contributed by atoms with Crippen LogP contribution < -0.4 is 5.56 Å². The van der Waals surface area contributed by atoms with Gasteiger partial charge in [-0.15, -0.1) is 0 Å². The van der Waals surface area contributed by atoms with E-state index < -0.39 is 5.97 Å². The van der Waals surface area contributed by atoms with Gasteiger partial charge in [0.15, 0.2) is 5.16 Å². The maximum Gasteiger partial charge on any atom is 0.313 e. The van der Waals surface area contributed by atoms with Crippen LogP contribution in [0.1, 0.15) is 13.3 Å². The maximum absolute atomic E-state index is 11.3. The Labute approximate surface area is 121 Å². The molecule has 1 atom stereocenters. The normalized spacial score (nSPS) is 19.4. The van der Waals surface area contributed by atoms with Gasteiger partial charge in [-0.25, -0.2) is 0 Å². The fraction of sp³-hybridized carbons (Fsp3) is 0.615. The molecule has 0 aliphatic carbocycles. The molecule has 6 nitrogen and oxygen atoms in total. The fourth-order valence-electron chi connectivity index (χ4n) is 2.42. The molecule has 0 radical (unpaired) electrons. The van der Waals surface area contributed by atoms with E-state index in [1.807, 2.05) is 4.57 Å². The molecule has 1 aromatic rings. The minimum atomic E-state index is -0.905. The Morgan fingerprint density at radius 3 is 3.05 bits per heavy atom. The van der Waals surface area contributed by atoms with Crippen molar-refractivity contribution in [3.8, 4) is 0 Å². The van der Waals surface area contributed by atoms with Gasteiger partial charge in [-0.1, -0.05) is 18.7 Å². The Bertz CT molecular complexity index is 532. The van der Waals surface area contributed by atoms with Gasteiger partial charge in [0, 0.05) is 25.4 Å². The number of carboxylic acids is 1. The summed E-state index contributed by atoms with van der Waals surface area (Å²) in [5, 5.41) is 9.24. The van der Waals surface area contributed by atoms with Gasteiger partial charge >= 0.3 is 5.97 Å². The zero-order chi connectivity index (χ0) is 14.5. The SMILES string of the molecule is CCN1CCC(Cn2ccc(=O)nc2SCC(=O)O)C1. The van der Waals surface area contributed by atoms with Crippen LogP contribution in [0.5, 0.6) is 0 Å². The highest BCUT2D eigenvalue weighted by atomic mass is 32.2. The van der Waals surface area contributed by atoms with Crippen LogP contribution in [0.3, 0.4) is 0 Å². The van der Waals surface area contributed by atoms with Crippen LogP contribution >= 0.6 is 11.8 Å². The molecule has 0 saturated carbocycles. The third kappa shape index (κ3) is 4.08.